The molecule has 0 spiro atoms. The molecule has 0 radical (unpaired) electrons. The zero-order valence-electron chi connectivity index (χ0n) is 15.5. The molecule has 27 heavy (non-hydrogen) atoms. The van der Waals surface area contributed by atoms with Crippen molar-refractivity contribution < 1.29 is 17.9 Å². The van der Waals surface area contributed by atoms with Crippen molar-refractivity contribution in [1.29, 1.82) is 0 Å². The maximum Gasteiger partial charge on any atom is 0.255 e. The normalized spacial score (nSPS) is 14.0. The predicted molar refractivity (Wildman–Crippen MR) is 105 cm³/mol. The summed E-state index contributed by atoms with van der Waals surface area (Å²) in [6.07, 6.45) is 3.71. The largest absolute Gasteiger partial charge is 0.495 e. The molecule has 1 saturated carbocycles. The van der Waals surface area contributed by atoms with E-state index in [0.717, 1.165) is 25.7 Å². The fraction of sp³-hybridized carbons (Fsp3) is 0.350. The number of ether oxygens (including phenoxy) is 1. The van der Waals surface area contributed by atoms with Gasteiger partial charge < -0.3 is 10.1 Å². The third-order valence-electron chi connectivity index (χ3n) is 4.36. The molecule has 0 atom stereocenters. The van der Waals surface area contributed by atoms with Crippen LogP contribution in [0.1, 0.15) is 42.1 Å². The monoisotopic (exact) mass is 388 g/mol. The van der Waals surface area contributed by atoms with Crippen molar-refractivity contribution in [3.05, 3.63) is 53.6 Å². The number of aryl methyl sites for hydroxylation is 1. The number of hydrogen-bond acceptors (Lipinski definition) is 4. The summed E-state index contributed by atoms with van der Waals surface area (Å²) in [4.78, 5) is 12.5. The highest BCUT2D eigenvalue weighted by molar-refractivity contribution is 7.89. The van der Waals surface area contributed by atoms with E-state index >= 15 is 0 Å². The van der Waals surface area contributed by atoms with Crippen molar-refractivity contribution in [3.8, 4) is 5.75 Å². The molecule has 3 rings (SSSR count). The summed E-state index contributed by atoms with van der Waals surface area (Å²) >= 11 is 0. The summed E-state index contributed by atoms with van der Waals surface area (Å²) in [5.74, 6) is -0.160. The van der Waals surface area contributed by atoms with Gasteiger partial charge in [-0.2, -0.15) is 0 Å². The third kappa shape index (κ3) is 4.87. The smallest absolute Gasteiger partial charge is 0.255 e. The van der Waals surface area contributed by atoms with Crippen molar-refractivity contribution in [2.75, 3.05) is 12.4 Å². The molecule has 6 nitrogen and oxygen atoms in total. The molecule has 1 aliphatic rings. The van der Waals surface area contributed by atoms with Crippen LogP contribution in [0.15, 0.2) is 47.4 Å². The quantitative estimate of drug-likeness (QED) is 0.726. The van der Waals surface area contributed by atoms with E-state index in [9.17, 15) is 13.2 Å². The maximum absolute atomic E-state index is 12.6. The molecule has 0 aromatic heterocycles. The van der Waals surface area contributed by atoms with Crippen molar-refractivity contribution in [1.82, 2.24) is 4.72 Å². The number of benzene rings is 2. The summed E-state index contributed by atoms with van der Waals surface area (Å²) in [7, 11) is -2.33. The number of carbonyl (C=O) groups is 1. The molecule has 2 N–H and O–H groups in total. The first-order valence-corrected chi connectivity index (χ1v) is 10.5. The Morgan fingerprint density at radius 2 is 1.85 bits per heavy atom. The lowest BCUT2D eigenvalue weighted by Gasteiger charge is -2.12. The molecule has 0 heterocycles. The van der Waals surface area contributed by atoms with Crippen LogP contribution < -0.4 is 14.8 Å². The Balaban J connectivity index is 1.81. The van der Waals surface area contributed by atoms with E-state index in [2.05, 4.69) is 17.0 Å². The molecule has 1 amide bonds. The van der Waals surface area contributed by atoms with Crippen LogP contribution >= 0.6 is 0 Å². The topological polar surface area (TPSA) is 84.5 Å². The lowest BCUT2D eigenvalue weighted by Crippen LogP contribution is -2.26. The van der Waals surface area contributed by atoms with Crippen molar-refractivity contribution in [2.24, 2.45) is 0 Å². The van der Waals surface area contributed by atoms with Gasteiger partial charge in [0.1, 0.15) is 10.6 Å². The Hall–Kier alpha value is -2.38. The highest BCUT2D eigenvalue weighted by Crippen LogP contribution is 2.28. The zero-order valence-corrected chi connectivity index (χ0v) is 16.3. The highest BCUT2D eigenvalue weighted by atomic mass is 32.2. The Labute approximate surface area is 160 Å². The Morgan fingerprint density at radius 3 is 2.44 bits per heavy atom. The van der Waals surface area contributed by atoms with Crippen LogP contribution in [0.2, 0.25) is 0 Å². The van der Waals surface area contributed by atoms with E-state index in [0.29, 0.717) is 5.69 Å². The average molecular weight is 388 g/mol. The van der Waals surface area contributed by atoms with Gasteiger partial charge in [-0.1, -0.05) is 25.5 Å². The summed E-state index contributed by atoms with van der Waals surface area (Å²) in [5, 5.41) is 2.80. The number of amides is 1. The standard InChI is InChI=1S/C20H24N2O4S/c1-3-4-14-5-8-16(9-6-14)21-20(23)15-7-12-18(26-2)19(13-15)27(24,25)22-17-10-11-17/h5-9,12-13,17,22H,3-4,10-11H2,1-2H3,(H,21,23). The van der Waals surface area contributed by atoms with Gasteiger partial charge in [0.05, 0.1) is 7.11 Å². The van der Waals surface area contributed by atoms with E-state index in [-0.39, 0.29) is 28.2 Å². The molecule has 0 saturated heterocycles. The van der Waals surface area contributed by atoms with Gasteiger partial charge in [-0.15, -0.1) is 0 Å². The second kappa shape index (κ2) is 8.10. The van der Waals surface area contributed by atoms with Crippen LogP contribution in [-0.4, -0.2) is 27.5 Å². The van der Waals surface area contributed by atoms with Crippen molar-refractivity contribution >= 4 is 21.6 Å². The van der Waals surface area contributed by atoms with Gasteiger partial charge in [0.25, 0.3) is 5.91 Å². The fourth-order valence-corrected chi connectivity index (χ4v) is 4.26. The zero-order chi connectivity index (χ0) is 19.4. The molecule has 0 bridgehead atoms. The maximum atomic E-state index is 12.6. The number of anilines is 1. The first kappa shape index (κ1) is 19.4. The van der Waals surface area contributed by atoms with Crippen LogP contribution in [0.3, 0.4) is 0 Å². The second-order valence-electron chi connectivity index (χ2n) is 6.66. The molecule has 7 heteroatoms. The lowest BCUT2D eigenvalue weighted by molar-refractivity contribution is 0.102. The lowest BCUT2D eigenvalue weighted by atomic mass is 10.1. The van der Waals surface area contributed by atoms with Gasteiger partial charge in [0.15, 0.2) is 0 Å². The van der Waals surface area contributed by atoms with Crippen molar-refractivity contribution in [3.63, 3.8) is 0 Å². The van der Waals surface area contributed by atoms with E-state index < -0.39 is 10.0 Å². The van der Waals surface area contributed by atoms with Gasteiger partial charge in [-0.3, -0.25) is 4.79 Å². The minimum Gasteiger partial charge on any atom is -0.495 e. The summed E-state index contributed by atoms with van der Waals surface area (Å²) in [6.45, 7) is 2.11. The van der Waals surface area contributed by atoms with Crippen LogP contribution in [0, 0.1) is 0 Å². The molecule has 0 unspecified atom stereocenters. The minimum atomic E-state index is -3.74. The van der Waals surface area contributed by atoms with E-state index in [4.69, 9.17) is 4.74 Å². The van der Waals surface area contributed by atoms with Gasteiger partial charge in [0.2, 0.25) is 10.0 Å². The van der Waals surface area contributed by atoms with E-state index in [1.807, 2.05) is 24.3 Å². The molecule has 0 aliphatic heterocycles. The van der Waals surface area contributed by atoms with Gasteiger partial charge in [-0.25, -0.2) is 13.1 Å². The van der Waals surface area contributed by atoms with Gasteiger partial charge in [0, 0.05) is 17.3 Å². The fourth-order valence-electron chi connectivity index (χ4n) is 2.76. The summed E-state index contributed by atoms with van der Waals surface area (Å²) < 4.78 is 32.9. The first-order valence-electron chi connectivity index (χ1n) is 9.03. The van der Waals surface area contributed by atoms with E-state index in [1.165, 1.54) is 24.8 Å². The average Bonchev–Trinajstić information content (AvgIpc) is 3.46. The van der Waals surface area contributed by atoms with Gasteiger partial charge >= 0.3 is 0 Å². The molecule has 2 aromatic rings. The Morgan fingerprint density at radius 1 is 1.15 bits per heavy atom. The molecule has 1 fully saturated rings. The van der Waals surface area contributed by atoms with Gasteiger partial charge in [-0.05, 0) is 55.2 Å². The molecule has 2 aromatic carbocycles. The summed E-state index contributed by atoms with van der Waals surface area (Å²) in [5.41, 5.74) is 2.13. The van der Waals surface area contributed by atoms with Crippen LogP contribution in [0.5, 0.6) is 5.75 Å². The molecular weight excluding hydrogens is 364 g/mol. The Kier molecular flexibility index (Phi) is 5.82. The molecular formula is C20H24N2O4S. The Bertz CT molecular complexity index is 919. The second-order valence-corrected chi connectivity index (χ2v) is 8.34. The minimum absolute atomic E-state index is 0.0251. The molecule has 144 valence electrons. The van der Waals surface area contributed by atoms with Crippen LogP contribution in [0.25, 0.3) is 0 Å². The number of methoxy groups -OCH3 is 1. The third-order valence-corrected chi connectivity index (χ3v) is 5.91. The number of carbonyl (C=O) groups excluding carboxylic acids is 1. The summed E-state index contributed by atoms with van der Waals surface area (Å²) in [6, 6.07) is 12.0. The number of sulfonamides is 1. The predicted octanol–water partition coefficient (Wildman–Crippen LogP) is 3.34. The highest BCUT2D eigenvalue weighted by Gasteiger charge is 2.30. The number of rotatable bonds is 8. The number of nitrogens with one attached hydrogen (secondary N) is 2. The van der Waals surface area contributed by atoms with Crippen LogP contribution in [0.4, 0.5) is 5.69 Å². The number of hydrogen-bond donors (Lipinski definition) is 2. The van der Waals surface area contributed by atoms with Crippen molar-refractivity contribution in [2.45, 2.75) is 43.5 Å². The first-order chi connectivity index (χ1) is 12.9. The molecule has 1 aliphatic carbocycles. The van der Waals surface area contributed by atoms with Crippen LogP contribution in [-0.2, 0) is 16.4 Å². The SMILES string of the molecule is CCCc1ccc(NC(=O)c2ccc(OC)c(S(=O)(=O)NC3CC3)c2)cc1. The van der Waals surface area contributed by atoms with E-state index in [1.54, 1.807) is 6.07 Å².